The molecule has 1 aliphatic rings. The van der Waals surface area contributed by atoms with Crippen LogP contribution in [0.15, 0.2) is 24.3 Å². The summed E-state index contributed by atoms with van der Waals surface area (Å²) in [6.07, 6.45) is 4.63. The van der Waals surface area contributed by atoms with Crippen LogP contribution in [0.25, 0.3) is 0 Å². The van der Waals surface area contributed by atoms with Gasteiger partial charge in [0.05, 0.1) is 0 Å². The van der Waals surface area contributed by atoms with Gasteiger partial charge in [0.1, 0.15) is 0 Å². The highest BCUT2D eigenvalue weighted by molar-refractivity contribution is 5.85. The van der Waals surface area contributed by atoms with Crippen molar-refractivity contribution < 1.29 is 5.11 Å². The lowest BCUT2D eigenvalue weighted by Gasteiger charge is -2.17. The highest BCUT2D eigenvalue weighted by Crippen LogP contribution is 2.29. The van der Waals surface area contributed by atoms with Gasteiger partial charge < -0.3 is 10.0 Å². The molecule has 1 aliphatic heterocycles. The molecule has 0 spiro atoms. The molecule has 0 saturated carbocycles. The molecule has 2 nitrogen and oxygen atoms in total. The summed E-state index contributed by atoms with van der Waals surface area (Å²) in [7, 11) is 0. The van der Waals surface area contributed by atoms with Crippen LogP contribution in [-0.2, 0) is 0 Å². The molecule has 108 valence electrons. The topological polar surface area (TPSA) is 23.5 Å². The SMILES string of the molecule is Cc1ccccc1C1CCN(CCCCCO)C1.Cl. The number of unbranched alkanes of at least 4 members (excludes halogenated alkanes) is 2. The minimum atomic E-state index is 0. The van der Waals surface area contributed by atoms with Crippen molar-refractivity contribution in [1.82, 2.24) is 4.90 Å². The van der Waals surface area contributed by atoms with Crippen molar-refractivity contribution in [3.8, 4) is 0 Å². The Labute approximate surface area is 123 Å². The fraction of sp³-hybridized carbons (Fsp3) is 0.625. The van der Waals surface area contributed by atoms with Crippen LogP contribution >= 0.6 is 12.4 Å². The second-order valence-electron chi connectivity index (χ2n) is 5.43. The lowest BCUT2D eigenvalue weighted by atomic mass is 9.94. The molecule has 1 heterocycles. The molecule has 1 N–H and O–H groups in total. The van der Waals surface area contributed by atoms with Crippen LogP contribution in [0.4, 0.5) is 0 Å². The second-order valence-corrected chi connectivity index (χ2v) is 5.43. The van der Waals surface area contributed by atoms with E-state index in [4.69, 9.17) is 5.11 Å². The van der Waals surface area contributed by atoms with E-state index in [9.17, 15) is 0 Å². The number of hydrogen-bond donors (Lipinski definition) is 1. The van der Waals surface area contributed by atoms with E-state index in [1.54, 1.807) is 0 Å². The van der Waals surface area contributed by atoms with E-state index in [0.29, 0.717) is 6.61 Å². The molecule has 19 heavy (non-hydrogen) atoms. The summed E-state index contributed by atoms with van der Waals surface area (Å²) >= 11 is 0. The molecular weight excluding hydrogens is 258 g/mol. The summed E-state index contributed by atoms with van der Waals surface area (Å²) < 4.78 is 0. The van der Waals surface area contributed by atoms with Crippen molar-refractivity contribution in [2.75, 3.05) is 26.2 Å². The molecule has 1 saturated heterocycles. The van der Waals surface area contributed by atoms with Crippen molar-refractivity contribution in [2.45, 2.75) is 38.5 Å². The molecule has 0 aromatic heterocycles. The Morgan fingerprint density at radius 3 is 2.74 bits per heavy atom. The number of benzene rings is 1. The predicted octanol–water partition coefficient (Wildman–Crippen LogP) is 3.37. The van der Waals surface area contributed by atoms with Gasteiger partial charge in [-0.1, -0.05) is 24.3 Å². The van der Waals surface area contributed by atoms with Gasteiger partial charge in [0.2, 0.25) is 0 Å². The Morgan fingerprint density at radius 1 is 1.21 bits per heavy atom. The summed E-state index contributed by atoms with van der Waals surface area (Å²) in [6, 6.07) is 8.79. The van der Waals surface area contributed by atoms with E-state index < -0.39 is 0 Å². The zero-order valence-electron chi connectivity index (χ0n) is 11.8. The fourth-order valence-corrected chi connectivity index (χ4v) is 2.96. The van der Waals surface area contributed by atoms with Gasteiger partial charge in [-0.25, -0.2) is 0 Å². The van der Waals surface area contributed by atoms with Crippen molar-refractivity contribution in [1.29, 1.82) is 0 Å². The summed E-state index contributed by atoms with van der Waals surface area (Å²) in [5, 5.41) is 8.77. The maximum absolute atomic E-state index is 8.77. The van der Waals surface area contributed by atoms with Crippen LogP contribution < -0.4 is 0 Å². The molecule has 1 aromatic carbocycles. The van der Waals surface area contributed by atoms with Gasteiger partial charge in [0.25, 0.3) is 0 Å². The van der Waals surface area contributed by atoms with Gasteiger partial charge >= 0.3 is 0 Å². The zero-order chi connectivity index (χ0) is 12.8. The monoisotopic (exact) mass is 283 g/mol. The molecule has 1 unspecified atom stereocenters. The molecule has 3 heteroatoms. The second kappa shape index (κ2) is 8.57. The average Bonchev–Trinajstić information content (AvgIpc) is 2.84. The lowest BCUT2D eigenvalue weighted by Crippen LogP contribution is -2.21. The van der Waals surface area contributed by atoms with Gasteiger partial charge in [0, 0.05) is 13.2 Å². The van der Waals surface area contributed by atoms with Crippen molar-refractivity contribution in [3.63, 3.8) is 0 Å². The first kappa shape index (κ1) is 16.5. The third kappa shape index (κ3) is 4.79. The largest absolute Gasteiger partial charge is 0.396 e. The number of halogens is 1. The number of rotatable bonds is 6. The van der Waals surface area contributed by atoms with E-state index in [1.165, 1.54) is 43.6 Å². The van der Waals surface area contributed by atoms with E-state index in [0.717, 1.165) is 18.8 Å². The maximum atomic E-state index is 8.77. The van der Waals surface area contributed by atoms with Gasteiger partial charge in [0.15, 0.2) is 0 Å². The predicted molar refractivity (Wildman–Crippen MR) is 83.2 cm³/mol. The standard InChI is InChI=1S/C16H25NO.ClH/c1-14-7-3-4-8-16(14)15-9-11-17(13-15)10-5-2-6-12-18;/h3-4,7-8,15,18H,2,5-6,9-13H2,1H3;1H. The Balaban J connectivity index is 0.00000180. The van der Waals surface area contributed by atoms with Crippen LogP contribution in [0.1, 0.15) is 42.7 Å². The van der Waals surface area contributed by atoms with Gasteiger partial charge in [-0.3, -0.25) is 0 Å². The summed E-state index contributed by atoms with van der Waals surface area (Å²) in [6.45, 7) is 6.20. The molecule has 0 aliphatic carbocycles. The number of aliphatic hydroxyl groups excluding tert-OH is 1. The number of aryl methyl sites for hydroxylation is 1. The van der Waals surface area contributed by atoms with Crippen molar-refractivity contribution in [3.05, 3.63) is 35.4 Å². The molecule has 0 radical (unpaired) electrons. The van der Waals surface area contributed by atoms with Crippen LogP contribution in [0.3, 0.4) is 0 Å². The van der Waals surface area contributed by atoms with Gasteiger partial charge in [-0.05, 0) is 62.7 Å². The van der Waals surface area contributed by atoms with Crippen molar-refractivity contribution >= 4 is 12.4 Å². The van der Waals surface area contributed by atoms with Crippen molar-refractivity contribution in [2.24, 2.45) is 0 Å². The first-order valence-electron chi connectivity index (χ1n) is 7.20. The number of aliphatic hydroxyl groups is 1. The Morgan fingerprint density at radius 2 is 2.00 bits per heavy atom. The van der Waals surface area contributed by atoms with Crippen LogP contribution in [0.2, 0.25) is 0 Å². The number of nitrogens with zero attached hydrogens (tertiary/aromatic N) is 1. The summed E-state index contributed by atoms with van der Waals surface area (Å²) in [5.41, 5.74) is 2.97. The molecule has 0 amide bonds. The van der Waals surface area contributed by atoms with E-state index >= 15 is 0 Å². The molecule has 1 fully saturated rings. The van der Waals surface area contributed by atoms with Crippen LogP contribution in [0, 0.1) is 6.92 Å². The fourth-order valence-electron chi connectivity index (χ4n) is 2.96. The Kier molecular flexibility index (Phi) is 7.44. The van der Waals surface area contributed by atoms with E-state index in [2.05, 4.69) is 36.1 Å². The van der Waals surface area contributed by atoms with Gasteiger partial charge in [-0.2, -0.15) is 0 Å². The molecule has 2 rings (SSSR count). The maximum Gasteiger partial charge on any atom is 0.0431 e. The normalized spacial score (nSPS) is 19.4. The van der Waals surface area contributed by atoms with Gasteiger partial charge in [-0.15, -0.1) is 12.4 Å². The summed E-state index contributed by atoms with van der Waals surface area (Å²) in [5.74, 6) is 0.726. The highest BCUT2D eigenvalue weighted by Gasteiger charge is 2.23. The Hall–Kier alpha value is -0.570. The quantitative estimate of drug-likeness (QED) is 0.809. The van der Waals surface area contributed by atoms with Crippen LogP contribution in [-0.4, -0.2) is 36.2 Å². The molecule has 0 bridgehead atoms. The lowest BCUT2D eigenvalue weighted by molar-refractivity contribution is 0.272. The third-order valence-corrected chi connectivity index (χ3v) is 4.03. The third-order valence-electron chi connectivity index (χ3n) is 4.03. The summed E-state index contributed by atoms with van der Waals surface area (Å²) in [4.78, 5) is 2.58. The molecule has 1 atom stereocenters. The van der Waals surface area contributed by atoms with Crippen LogP contribution in [0.5, 0.6) is 0 Å². The van der Waals surface area contributed by atoms with E-state index in [1.807, 2.05) is 0 Å². The average molecular weight is 284 g/mol. The first-order valence-corrected chi connectivity index (χ1v) is 7.20. The van der Waals surface area contributed by atoms with E-state index in [-0.39, 0.29) is 12.4 Å². The minimum absolute atomic E-state index is 0. The molecular formula is C16H26ClNO. The zero-order valence-corrected chi connectivity index (χ0v) is 12.7. The molecule has 1 aromatic rings. The first-order chi connectivity index (χ1) is 8.81. The highest BCUT2D eigenvalue weighted by atomic mass is 35.5. The number of hydrogen-bond acceptors (Lipinski definition) is 2. The number of likely N-dealkylation sites (tertiary alicyclic amines) is 1. The minimum Gasteiger partial charge on any atom is -0.396 e. The smallest absolute Gasteiger partial charge is 0.0431 e. The Bertz CT molecular complexity index is 370.